The smallest absolute Gasteiger partial charge is 0.314 e. The number of primary sulfonamides is 1. The molecule has 14 heteroatoms. The van der Waals surface area contributed by atoms with Crippen molar-refractivity contribution in [2.75, 3.05) is 0 Å². The Labute approximate surface area is 186 Å². The highest BCUT2D eigenvalue weighted by Crippen LogP contribution is 2.39. The molecule has 4 N–H and O–H groups in total. The van der Waals surface area contributed by atoms with Crippen molar-refractivity contribution in [2.24, 2.45) is 15.4 Å². The van der Waals surface area contributed by atoms with Crippen LogP contribution in [0.4, 0.5) is 17.1 Å². The average molecular weight is 481 g/mol. The fraction of sp³-hybridized carbons (Fsp3) is 0.167. The van der Waals surface area contributed by atoms with Crippen molar-refractivity contribution >= 4 is 38.7 Å². The van der Waals surface area contributed by atoms with Gasteiger partial charge in [0.05, 0.1) is 21.2 Å². The van der Waals surface area contributed by atoms with Crippen molar-refractivity contribution in [3.8, 4) is 11.4 Å². The zero-order valence-corrected chi connectivity index (χ0v) is 18.5. The van der Waals surface area contributed by atoms with E-state index in [-0.39, 0.29) is 38.2 Å². The van der Waals surface area contributed by atoms with Crippen LogP contribution < -0.4 is 10.7 Å². The van der Waals surface area contributed by atoms with Gasteiger partial charge in [-0.1, -0.05) is 17.7 Å². The van der Waals surface area contributed by atoms with Crippen LogP contribution in [0.25, 0.3) is 5.69 Å². The van der Waals surface area contributed by atoms with E-state index < -0.39 is 31.9 Å². The van der Waals surface area contributed by atoms with Crippen molar-refractivity contribution in [2.45, 2.75) is 25.7 Å². The quantitative estimate of drug-likeness (QED) is 0.285. The number of hydrogen-bond acceptors (Lipinski definition) is 8. The molecule has 0 aliphatic carbocycles. The molecule has 2 aromatic carbocycles. The maximum Gasteiger partial charge on any atom is 0.314 e. The minimum atomic E-state index is -4.03. The lowest BCUT2D eigenvalue weighted by Gasteiger charge is -2.13. The van der Waals surface area contributed by atoms with Gasteiger partial charge in [-0.2, -0.15) is 0 Å². The second-order valence-corrected chi connectivity index (χ2v) is 8.84. The summed E-state index contributed by atoms with van der Waals surface area (Å²) in [5.74, 6) is -0.760. The Kier molecular flexibility index (Phi) is 5.91. The molecule has 0 amide bonds. The first-order valence-corrected chi connectivity index (χ1v) is 10.8. The second kappa shape index (κ2) is 8.18. The molecule has 3 rings (SSSR count). The number of sulfonamides is 1. The predicted octanol–water partition coefficient (Wildman–Crippen LogP) is 3.42. The van der Waals surface area contributed by atoms with Crippen LogP contribution in [0, 0.1) is 30.9 Å². The Morgan fingerprint density at radius 2 is 1.88 bits per heavy atom. The summed E-state index contributed by atoms with van der Waals surface area (Å²) in [4.78, 5) is 23.1. The van der Waals surface area contributed by atoms with Gasteiger partial charge in [-0.3, -0.25) is 20.0 Å². The monoisotopic (exact) mass is 480 g/mol. The Balaban J connectivity index is 2.16. The van der Waals surface area contributed by atoms with E-state index in [1.807, 2.05) is 0 Å². The summed E-state index contributed by atoms with van der Waals surface area (Å²) in [6.45, 7) is 4.72. The number of halogens is 1. The van der Waals surface area contributed by atoms with E-state index in [1.165, 1.54) is 26.0 Å². The standard InChI is InChI=1S/C18H17ClN6O6S/c1-8-4-5-14(32(20,30)31)9(2)16(8)24-18(27)15(10(3)23-24)22-21-12-6-11(19)7-13(17(12)26)25(28)29/h4-7,23,26H,1-3H3,(H2,20,30,31). The van der Waals surface area contributed by atoms with Gasteiger partial charge in [-0.05, 0) is 44.0 Å². The molecule has 12 nitrogen and oxygen atoms in total. The van der Waals surface area contributed by atoms with E-state index in [1.54, 1.807) is 6.92 Å². The van der Waals surface area contributed by atoms with Crippen LogP contribution in [0.2, 0.25) is 5.02 Å². The number of nitro benzene ring substituents is 1. The summed E-state index contributed by atoms with van der Waals surface area (Å²) in [6, 6.07) is 4.96. The molecule has 0 aliphatic rings. The van der Waals surface area contributed by atoms with Crippen molar-refractivity contribution in [3.63, 3.8) is 0 Å². The van der Waals surface area contributed by atoms with E-state index in [4.69, 9.17) is 16.7 Å². The molecule has 0 fully saturated rings. The molecular formula is C18H17ClN6O6S. The maximum absolute atomic E-state index is 13.0. The number of nitrogens with zero attached hydrogens (tertiary/aromatic N) is 4. The Hall–Kier alpha value is -3.55. The molecule has 0 aliphatic heterocycles. The normalized spacial score (nSPS) is 11.9. The van der Waals surface area contributed by atoms with Crippen LogP contribution in [-0.2, 0) is 10.0 Å². The molecule has 0 saturated carbocycles. The predicted molar refractivity (Wildman–Crippen MR) is 116 cm³/mol. The molecule has 0 bridgehead atoms. The highest BCUT2D eigenvalue weighted by atomic mass is 35.5. The molecule has 1 heterocycles. The summed E-state index contributed by atoms with van der Waals surface area (Å²) in [7, 11) is -4.03. The van der Waals surface area contributed by atoms with Crippen LogP contribution in [-0.4, -0.2) is 28.2 Å². The molecular weight excluding hydrogens is 464 g/mol. The van der Waals surface area contributed by atoms with E-state index in [0.717, 1.165) is 16.8 Å². The zero-order valence-electron chi connectivity index (χ0n) is 17.0. The van der Waals surface area contributed by atoms with Crippen molar-refractivity contribution < 1.29 is 18.4 Å². The number of phenolic OH excluding ortho intramolecular Hbond substituents is 1. The highest BCUT2D eigenvalue weighted by molar-refractivity contribution is 7.89. The number of hydrogen-bond donors (Lipinski definition) is 3. The molecule has 0 saturated heterocycles. The average Bonchev–Trinajstić information content (AvgIpc) is 2.94. The van der Waals surface area contributed by atoms with Gasteiger partial charge in [0.2, 0.25) is 15.8 Å². The lowest BCUT2D eigenvalue weighted by atomic mass is 10.1. The van der Waals surface area contributed by atoms with E-state index >= 15 is 0 Å². The van der Waals surface area contributed by atoms with Crippen LogP contribution in [0.3, 0.4) is 0 Å². The molecule has 168 valence electrons. The van der Waals surface area contributed by atoms with E-state index in [2.05, 4.69) is 15.3 Å². The fourth-order valence-corrected chi connectivity index (χ4v) is 4.16. The third kappa shape index (κ3) is 4.12. The van der Waals surface area contributed by atoms with E-state index in [0.29, 0.717) is 5.56 Å². The van der Waals surface area contributed by atoms with E-state index in [9.17, 15) is 28.4 Å². The minimum absolute atomic E-state index is 0.0577. The summed E-state index contributed by atoms with van der Waals surface area (Å²) in [6.07, 6.45) is 0. The summed E-state index contributed by atoms with van der Waals surface area (Å²) >= 11 is 5.83. The van der Waals surface area contributed by atoms with Gasteiger partial charge in [0.25, 0.3) is 5.56 Å². The molecule has 32 heavy (non-hydrogen) atoms. The van der Waals surface area contributed by atoms with Crippen molar-refractivity contribution in [1.82, 2.24) is 9.78 Å². The summed E-state index contributed by atoms with van der Waals surface area (Å²) in [5.41, 5.74) is -0.416. The molecule has 3 aromatic rings. The lowest BCUT2D eigenvalue weighted by molar-refractivity contribution is -0.385. The van der Waals surface area contributed by atoms with Gasteiger partial charge in [0, 0.05) is 11.1 Å². The summed E-state index contributed by atoms with van der Waals surface area (Å²) < 4.78 is 24.8. The first-order valence-electron chi connectivity index (χ1n) is 8.86. The number of azo groups is 1. The number of phenols is 1. The van der Waals surface area contributed by atoms with Crippen molar-refractivity contribution in [1.29, 1.82) is 0 Å². The Bertz CT molecular complexity index is 1460. The molecule has 1 aromatic heterocycles. The third-order valence-electron chi connectivity index (χ3n) is 4.64. The zero-order chi connectivity index (χ0) is 24.0. The largest absolute Gasteiger partial charge is 0.501 e. The number of aromatic nitrogens is 2. The van der Waals surface area contributed by atoms with Gasteiger partial charge in [0.15, 0.2) is 5.69 Å². The van der Waals surface area contributed by atoms with Crippen molar-refractivity contribution in [3.05, 3.63) is 66.6 Å². The van der Waals surface area contributed by atoms with Crippen LogP contribution in [0.15, 0.2) is 44.2 Å². The highest BCUT2D eigenvalue weighted by Gasteiger charge is 2.22. The van der Waals surface area contributed by atoms with Gasteiger partial charge in [-0.15, -0.1) is 10.2 Å². The second-order valence-electron chi connectivity index (χ2n) is 6.87. The number of benzene rings is 2. The van der Waals surface area contributed by atoms with Gasteiger partial charge >= 0.3 is 5.69 Å². The molecule has 0 spiro atoms. The molecule has 0 radical (unpaired) electrons. The number of nitro groups is 1. The Morgan fingerprint density at radius 1 is 1.22 bits per heavy atom. The lowest BCUT2D eigenvalue weighted by Crippen LogP contribution is -2.20. The number of aromatic hydroxyl groups is 1. The van der Waals surface area contributed by atoms with Crippen LogP contribution >= 0.6 is 11.6 Å². The number of H-pyrrole nitrogens is 1. The SMILES string of the molecule is Cc1ccc(S(N)(=O)=O)c(C)c1-n1[nH]c(C)c(N=Nc2cc(Cl)cc([N+](=O)[O-])c2O)c1=O. The van der Waals surface area contributed by atoms with Gasteiger partial charge in [-0.25, -0.2) is 18.2 Å². The number of aryl methyl sites for hydroxylation is 2. The fourth-order valence-electron chi connectivity index (χ4n) is 3.17. The minimum Gasteiger partial charge on any atom is -0.501 e. The first kappa shape index (κ1) is 23.1. The number of aromatic amines is 1. The number of nitrogens with two attached hydrogens (primary N) is 1. The summed E-state index contributed by atoms with van der Waals surface area (Å²) in [5, 5.41) is 36.7. The molecule has 0 unspecified atom stereocenters. The first-order chi connectivity index (χ1) is 14.8. The van der Waals surface area contributed by atoms with Crippen LogP contribution in [0.5, 0.6) is 5.75 Å². The third-order valence-corrected chi connectivity index (χ3v) is 5.92. The number of nitrogens with one attached hydrogen (secondary N) is 1. The maximum atomic E-state index is 13.0. The van der Waals surface area contributed by atoms with Gasteiger partial charge < -0.3 is 5.11 Å². The molecule has 0 atom stereocenters. The van der Waals surface area contributed by atoms with Gasteiger partial charge in [0.1, 0.15) is 5.69 Å². The topological polar surface area (TPSA) is 186 Å². The number of rotatable bonds is 5. The Morgan fingerprint density at radius 3 is 2.47 bits per heavy atom. The van der Waals surface area contributed by atoms with Crippen LogP contribution in [0.1, 0.15) is 16.8 Å².